The Morgan fingerprint density at radius 3 is 2.69 bits per heavy atom. The largest absolute Gasteiger partial charge is 0.378 e. The fourth-order valence-corrected chi connectivity index (χ4v) is 3.65. The molecule has 1 aromatic heterocycles. The van der Waals surface area contributed by atoms with E-state index >= 15 is 0 Å². The van der Waals surface area contributed by atoms with E-state index in [-0.39, 0.29) is 18.4 Å². The van der Waals surface area contributed by atoms with E-state index in [4.69, 9.17) is 16.3 Å². The summed E-state index contributed by atoms with van der Waals surface area (Å²) in [7, 11) is 0. The maximum Gasteiger partial charge on any atom is 0.275 e. The summed E-state index contributed by atoms with van der Waals surface area (Å²) in [5.74, 6) is -0.417. The Morgan fingerprint density at radius 1 is 1.17 bits per heavy atom. The molecule has 0 radical (unpaired) electrons. The van der Waals surface area contributed by atoms with E-state index in [2.05, 4.69) is 10.4 Å². The van der Waals surface area contributed by atoms with Gasteiger partial charge in [0.1, 0.15) is 6.54 Å². The first kappa shape index (κ1) is 19.4. The summed E-state index contributed by atoms with van der Waals surface area (Å²) < 4.78 is 6.88. The van der Waals surface area contributed by atoms with Crippen LogP contribution in [0.4, 0.5) is 5.69 Å². The molecule has 1 aliphatic rings. The quantitative estimate of drug-likeness (QED) is 0.714. The molecule has 4 rings (SSSR count). The van der Waals surface area contributed by atoms with Crippen LogP contribution in [-0.4, -0.2) is 52.8 Å². The van der Waals surface area contributed by atoms with Crippen molar-refractivity contribution in [1.82, 2.24) is 14.7 Å². The molecule has 2 aromatic carbocycles. The van der Waals surface area contributed by atoms with Crippen LogP contribution in [0.5, 0.6) is 0 Å². The average molecular weight is 413 g/mol. The zero-order chi connectivity index (χ0) is 20.4. The first-order chi connectivity index (χ1) is 14.0. The van der Waals surface area contributed by atoms with E-state index in [0.29, 0.717) is 42.7 Å². The highest BCUT2D eigenvalue weighted by atomic mass is 35.5. The fraction of sp³-hybridized carbons (Fsp3) is 0.286. The molecule has 3 aromatic rings. The molecule has 1 N–H and O–H groups in total. The molecule has 1 fully saturated rings. The van der Waals surface area contributed by atoms with Gasteiger partial charge in [0.2, 0.25) is 5.91 Å². The Balaban J connectivity index is 1.59. The SMILES string of the molecule is Cc1ccc(NC(=O)Cn2nc(C(=O)N3CCOCC3)c3ccccc32)c(Cl)c1. The molecule has 0 bridgehead atoms. The highest BCUT2D eigenvalue weighted by Gasteiger charge is 2.24. The second-order valence-electron chi connectivity index (χ2n) is 6.96. The van der Waals surface area contributed by atoms with Gasteiger partial charge in [0, 0.05) is 18.5 Å². The molecule has 0 atom stereocenters. The minimum atomic E-state index is -0.269. The lowest BCUT2D eigenvalue weighted by Gasteiger charge is -2.26. The van der Waals surface area contributed by atoms with Crippen LogP contribution in [0.25, 0.3) is 10.9 Å². The number of aryl methyl sites for hydroxylation is 1. The third-order valence-corrected chi connectivity index (χ3v) is 5.16. The lowest BCUT2D eigenvalue weighted by molar-refractivity contribution is -0.116. The molecule has 0 spiro atoms. The second kappa shape index (κ2) is 8.23. The summed E-state index contributed by atoms with van der Waals surface area (Å²) in [4.78, 5) is 27.3. The van der Waals surface area contributed by atoms with Crippen LogP contribution in [-0.2, 0) is 16.1 Å². The maximum atomic E-state index is 13.0. The molecule has 0 saturated carbocycles. The maximum absolute atomic E-state index is 13.0. The molecule has 2 amide bonds. The van der Waals surface area contributed by atoms with Gasteiger partial charge in [-0.3, -0.25) is 14.3 Å². The van der Waals surface area contributed by atoms with Crippen LogP contribution < -0.4 is 5.32 Å². The van der Waals surface area contributed by atoms with Crippen molar-refractivity contribution in [3.8, 4) is 0 Å². The van der Waals surface area contributed by atoms with E-state index in [9.17, 15) is 9.59 Å². The van der Waals surface area contributed by atoms with Gasteiger partial charge >= 0.3 is 0 Å². The Morgan fingerprint density at radius 2 is 1.93 bits per heavy atom. The first-order valence-corrected chi connectivity index (χ1v) is 9.79. The van der Waals surface area contributed by atoms with Crippen LogP contribution >= 0.6 is 11.6 Å². The van der Waals surface area contributed by atoms with Gasteiger partial charge in [-0.15, -0.1) is 0 Å². The van der Waals surface area contributed by atoms with Crippen molar-refractivity contribution in [2.24, 2.45) is 0 Å². The molecule has 2 heterocycles. The number of nitrogens with zero attached hydrogens (tertiary/aromatic N) is 3. The van der Waals surface area contributed by atoms with E-state index < -0.39 is 0 Å². The summed E-state index contributed by atoms with van der Waals surface area (Å²) in [5.41, 5.74) is 2.64. The molecule has 1 aliphatic heterocycles. The minimum Gasteiger partial charge on any atom is -0.378 e. The fourth-order valence-electron chi connectivity index (χ4n) is 3.37. The normalized spacial score (nSPS) is 14.2. The van der Waals surface area contributed by atoms with Crippen LogP contribution in [0.15, 0.2) is 42.5 Å². The number of para-hydroxylation sites is 1. The van der Waals surface area contributed by atoms with Gasteiger partial charge in [-0.05, 0) is 30.7 Å². The number of ether oxygens (including phenoxy) is 1. The summed E-state index contributed by atoms with van der Waals surface area (Å²) in [6, 6.07) is 12.9. The van der Waals surface area contributed by atoms with Crippen LogP contribution in [0.2, 0.25) is 5.02 Å². The number of hydrogen-bond donors (Lipinski definition) is 1. The number of benzene rings is 2. The molecule has 0 unspecified atom stereocenters. The van der Waals surface area contributed by atoms with Gasteiger partial charge in [-0.2, -0.15) is 5.10 Å². The number of morpholine rings is 1. The molecule has 7 nitrogen and oxygen atoms in total. The zero-order valence-electron chi connectivity index (χ0n) is 16.0. The van der Waals surface area contributed by atoms with Crippen LogP contribution in [0.1, 0.15) is 16.1 Å². The number of aromatic nitrogens is 2. The van der Waals surface area contributed by atoms with Crippen molar-refractivity contribution in [3.63, 3.8) is 0 Å². The molecule has 29 heavy (non-hydrogen) atoms. The lowest BCUT2D eigenvalue weighted by atomic mass is 10.2. The number of halogens is 1. The number of rotatable bonds is 4. The van der Waals surface area contributed by atoms with E-state index in [1.165, 1.54) is 0 Å². The molecule has 0 aliphatic carbocycles. The number of fused-ring (bicyclic) bond motifs is 1. The highest BCUT2D eigenvalue weighted by molar-refractivity contribution is 6.33. The van der Waals surface area contributed by atoms with Gasteiger partial charge in [-0.25, -0.2) is 0 Å². The predicted octanol–water partition coefficient (Wildman–Crippen LogP) is 3.11. The minimum absolute atomic E-state index is 0.0267. The topological polar surface area (TPSA) is 76.5 Å². The van der Waals surface area contributed by atoms with E-state index in [0.717, 1.165) is 16.5 Å². The summed E-state index contributed by atoms with van der Waals surface area (Å²) in [5, 5.41) is 8.49. The van der Waals surface area contributed by atoms with E-state index in [1.54, 1.807) is 21.7 Å². The van der Waals surface area contributed by atoms with Gasteiger partial charge < -0.3 is 15.0 Å². The molecule has 8 heteroatoms. The molecule has 150 valence electrons. The average Bonchev–Trinajstić information content (AvgIpc) is 3.09. The summed E-state index contributed by atoms with van der Waals surface area (Å²) >= 11 is 6.21. The Hall–Kier alpha value is -2.90. The summed E-state index contributed by atoms with van der Waals surface area (Å²) in [6.45, 7) is 4.01. The van der Waals surface area contributed by atoms with Gasteiger partial charge in [0.25, 0.3) is 5.91 Å². The van der Waals surface area contributed by atoms with Crippen molar-refractivity contribution >= 4 is 40.0 Å². The predicted molar refractivity (Wildman–Crippen MR) is 111 cm³/mol. The highest BCUT2D eigenvalue weighted by Crippen LogP contribution is 2.24. The number of nitrogens with one attached hydrogen (secondary N) is 1. The van der Waals surface area contributed by atoms with Crippen molar-refractivity contribution in [3.05, 3.63) is 58.7 Å². The Bertz CT molecular complexity index is 1070. The van der Waals surface area contributed by atoms with Crippen molar-refractivity contribution in [2.75, 3.05) is 31.6 Å². The summed E-state index contributed by atoms with van der Waals surface area (Å²) in [6.07, 6.45) is 0. The zero-order valence-corrected chi connectivity index (χ0v) is 16.8. The van der Waals surface area contributed by atoms with E-state index in [1.807, 2.05) is 37.3 Å². The number of carbonyl (C=O) groups excluding carboxylic acids is 2. The number of anilines is 1. The Kier molecular flexibility index (Phi) is 5.51. The first-order valence-electron chi connectivity index (χ1n) is 9.41. The Labute approximate surface area is 173 Å². The lowest BCUT2D eigenvalue weighted by Crippen LogP contribution is -2.41. The number of hydrogen-bond acceptors (Lipinski definition) is 4. The molecule has 1 saturated heterocycles. The smallest absolute Gasteiger partial charge is 0.275 e. The van der Waals surface area contributed by atoms with Crippen molar-refractivity contribution < 1.29 is 14.3 Å². The van der Waals surface area contributed by atoms with Gasteiger partial charge in [0.05, 0.1) is 29.4 Å². The van der Waals surface area contributed by atoms with Crippen LogP contribution in [0.3, 0.4) is 0 Å². The monoisotopic (exact) mass is 412 g/mol. The standard InChI is InChI=1S/C21H21ClN4O3/c1-14-6-7-17(16(22)12-14)23-19(27)13-26-18-5-3-2-4-15(18)20(24-26)21(28)25-8-10-29-11-9-25/h2-7,12H,8-11,13H2,1H3,(H,23,27). The van der Waals surface area contributed by atoms with Gasteiger partial charge in [-0.1, -0.05) is 35.9 Å². The van der Waals surface area contributed by atoms with Gasteiger partial charge in [0.15, 0.2) is 5.69 Å². The third-order valence-electron chi connectivity index (χ3n) is 4.85. The van der Waals surface area contributed by atoms with Crippen LogP contribution in [0, 0.1) is 6.92 Å². The number of amides is 2. The van der Waals surface area contributed by atoms with Crippen molar-refractivity contribution in [2.45, 2.75) is 13.5 Å². The molecular weight excluding hydrogens is 392 g/mol. The van der Waals surface area contributed by atoms with Crippen molar-refractivity contribution in [1.29, 1.82) is 0 Å². The molecular formula is C21H21ClN4O3. The second-order valence-corrected chi connectivity index (χ2v) is 7.37. The third kappa shape index (κ3) is 4.11. The number of carbonyl (C=O) groups is 2.